The predicted octanol–water partition coefficient (Wildman–Crippen LogP) is 2.18. The Labute approximate surface area is 133 Å². The summed E-state index contributed by atoms with van der Waals surface area (Å²) >= 11 is 0. The Kier molecular flexibility index (Phi) is 4.67. The van der Waals surface area contributed by atoms with Gasteiger partial charge < -0.3 is 15.5 Å². The molecule has 4 atom stereocenters. The van der Waals surface area contributed by atoms with E-state index in [0.29, 0.717) is 12.1 Å². The Morgan fingerprint density at radius 2 is 1.77 bits per heavy atom. The normalized spacial score (nSPS) is 30.9. The Morgan fingerprint density at radius 3 is 2.36 bits per heavy atom. The van der Waals surface area contributed by atoms with Crippen molar-refractivity contribution in [3.8, 4) is 0 Å². The first-order valence-corrected chi connectivity index (χ1v) is 8.62. The smallest absolute Gasteiger partial charge is 0.319 e. The summed E-state index contributed by atoms with van der Waals surface area (Å²) in [6.07, 6.45) is 6.21. The second kappa shape index (κ2) is 6.69. The van der Waals surface area contributed by atoms with Crippen LogP contribution in [0.4, 0.5) is 10.5 Å². The van der Waals surface area contributed by atoms with Gasteiger partial charge >= 0.3 is 6.03 Å². The summed E-state index contributed by atoms with van der Waals surface area (Å²) in [5.74, 6) is 0. The highest BCUT2D eigenvalue weighted by Crippen LogP contribution is 2.23. The molecule has 2 saturated heterocycles. The number of anilines is 1. The third-order valence-corrected chi connectivity index (χ3v) is 5.22. The van der Waals surface area contributed by atoms with Crippen molar-refractivity contribution in [1.82, 2.24) is 5.32 Å². The molecule has 0 aliphatic carbocycles. The molecule has 3 N–H and O–H groups in total. The number of benzene rings is 1. The van der Waals surface area contributed by atoms with Crippen molar-refractivity contribution in [2.45, 2.75) is 70.1 Å². The van der Waals surface area contributed by atoms with Crippen LogP contribution in [-0.2, 0) is 0 Å². The van der Waals surface area contributed by atoms with E-state index >= 15 is 0 Å². The monoisotopic (exact) mass is 302 g/mol. The van der Waals surface area contributed by atoms with Crippen LogP contribution in [0.3, 0.4) is 0 Å². The van der Waals surface area contributed by atoms with Gasteiger partial charge in [-0.05, 0) is 45.2 Å². The fraction of sp³-hybridized carbons (Fsp3) is 0.611. The van der Waals surface area contributed by atoms with Crippen LogP contribution in [0.15, 0.2) is 30.3 Å². The maximum Gasteiger partial charge on any atom is 0.319 e. The summed E-state index contributed by atoms with van der Waals surface area (Å²) in [6.45, 7) is 4.66. The number of carbonyl (C=O) groups is 1. The van der Waals surface area contributed by atoms with Gasteiger partial charge in [-0.2, -0.15) is 0 Å². The Morgan fingerprint density at radius 1 is 1.14 bits per heavy atom. The molecule has 22 heavy (non-hydrogen) atoms. The predicted molar refractivity (Wildman–Crippen MR) is 89.1 cm³/mol. The number of carbonyl (C=O) groups excluding carboxylic acids is 1. The Bertz CT molecular complexity index is 488. The lowest BCUT2D eigenvalue weighted by Crippen LogP contribution is -3.23. The van der Waals surface area contributed by atoms with Gasteiger partial charge in [0.2, 0.25) is 0 Å². The highest BCUT2D eigenvalue weighted by atomic mass is 16.2. The van der Waals surface area contributed by atoms with Crippen LogP contribution in [-0.4, -0.2) is 30.2 Å². The molecule has 2 aliphatic rings. The fourth-order valence-electron chi connectivity index (χ4n) is 4.50. The van der Waals surface area contributed by atoms with Crippen molar-refractivity contribution in [3.05, 3.63) is 30.3 Å². The number of piperidine rings is 2. The van der Waals surface area contributed by atoms with Gasteiger partial charge in [0, 0.05) is 24.6 Å². The van der Waals surface area contributed by atoms with Crippen LogP contribution >= 0.6 is 0 Å². The average molecular weight is 302 g/mol. The van der Waals surface area contributed by atoms with E-state index in [0.717, 1.165) is 30.6 Å². The topological polar surface area (TPSA) is 45.6 Å². The van der Waals surface area contributed by atoms with Gasteiger partial charge in [-0.3, -0.25) is 0 Å². The maximum absolute atomic E-state index is 12.2. The lowest BCUT2D eigenvalue weighted by molar-refractivity contribution is -0.980. The van der Waals surface area contributed by atoms with Crippen LogP contribution in [0.5, 0.6) is 0 Å². The van der Waals surface area contributed by atoms with Crippen molar-refractivity contribution < 1.29 is 9.69 Å². The summed E-state index contributed by atoms with van der Waals surface area (Å²) in [5, 5.41) is 6.12. The Hall–Kier alpha value is -1.55. The first-order valence-electron chi connectivity index (χ1n) is 8.62. The number of urea groups is 1. The number of hydrogen-bond acceptors (Lipinski definition) is 1. The third-order valence-electron chi connectivity index (χ3n) is 5.22. The van der Waals surface area contributed by atoms with Crippen LogP contribution in [0.2, 0.25) is 0 Å². The van der Waals surface area contributed by atoms with Crippen molar-refractivity contribution in [3.63, 3.8) is 0 Å². The highest BCUT2D eigenvalue weighted by molar-refractivity contribution is 5.89. The second-order valence-electron chi connectivity index (χ2n) is 7.11. The summed E-state index contributed by atoms with van der Waals surface area (Å²) < 4.78 is 0. The number of quaternary nitrogens is 1. The molecule has 1 aromatic carbocycles. The molecule has 1 aromatic rings. The van der Waals surface area contributed by atoms with E-state index in [4.69, 9.17) is 0 Å². The molecule has 2 aliphatic heterocycles. The van der Waals surface area contributed by atoms with Crippen LogP contribution in [0, 0.1) is 0 Å². The van der Waals surface area contributed by atoms with Crippen LogP contribution < -0.4 is 15.5 Å². The van der Waals surface area contributed by atoms with Crippen LogP contribution in [0.1, 0.15) is 46.0 Å². The van der Waals surface area contributed by atoms with Gasteiger partial charge in [-0.25, -0.2) is 4.79 Å². The van der Waals surface area contributed by atoms with Gasteiger partial charge in [0.25, 0.3) is 0 Å². The zero-order valence-corrected chi connectivity index (χ0v) is 13.6. The van der Waals surface area contributed by atoms with Gasteiger partial charge in [0.1, 0.15) is 0 Å². The molecule has 0 aromatic heterocycles. The SMILES string of the molecule is CC(C)[NH+]1[C@@H]2CCC[C@H]1CC(NC(=O)Nc1ccccc1)C2. The summed E-state index contributed by atoms with van der Waals surface area (Å²) in [5.41, 5.74) is 0.852. The first-order chi connectivity index (χ1) is 10.6. The van der Waals surface area contributed by atoms with Crippen molar-refractivity contribution >= 4 is 11.7 Å². The summed E-state index contributed by atoms with van der Waals surface area (Å²) in [4.78, 5) is 14.0. The van der Waals surface area contributed by atoms with Gasteiger partial charge in [0.15, 0.2) is 0 Å². The van der Waals surface area contributed by atoms with Gasteiger partial charge in [-0.1, -0.05) is 18.2 Å². The minimum absolute atomic E-state index is 0.0673. The average Bonchev–Trinajstić information content (AvgIpc) is 2.47. The van der Waals surface area contributed by atoms with Gasteiger partial charge in [-0.15, -0.1) is 0 Å². The van der Waals surface area contributed by atoms with Crippen LogP contribution in [0.25, 0.3) is 0 Å². The van der Waals surface area contributed by atoms with Crippen molar-refractivity contribution in [1.29, 1.82) is 0 Å². The van der Waals surface area contributed by atoms with Gasteiger partial charge in [0.05, 0.1) is 18.1 Å². The van der Waals surface area contributed by atoms with E-state index in [2.05, 4.69) is 24.5 Å². The standard InChI is InChI=1S/C18H27N3O/c1-13(2)21-16-9-6-10-17(21)12-15(11-16)20-18(22)19-14-7-4-3-5-8-14/h3-5,7-8,13,15-17H,6,9-12H2,1-2H3,(H2,19,20,22)/p+1/t15?,16-,17+. The number of fused-ring (bicyclic) bond motifs is 2. The number of para-hydroxylation sites is 1. The van der Waals surface area contributed by atoms with E-state index < -0.39 is 0 Å². The molecule has 4 heteroatoms. The molecular weight excluding hydrogens is 274 g/mol. The minimum atomic E-state index is -0.0673. The molecule has 120 valence electrons. The Balaban J connectivity index is 1.57. The lowest BCUT2D eigenvalue weighted by atomic mass is 9.81. The van der Waals surface area contributed by atoms with E-state index in [9.17, 15) is 4.79 Å². The molecule has 0 spiro atoms. The molecule has 3 rings (SSSR count). The molecule has 0 saturated carbocycles. The maximum atomic E-state index is 12.2. The molecule has 2 unspecified atom stereocenters. The van der Waals surface area contributed by atoms with Crippen molar-refractivity contribution in [2.75, 3.05) is 5.32 Å². The number of hydrogen-bond donors (Lipinski definition) is 3. The highest BCUT2D eigenvalue weighted by Gasteiger charge is 2.43. The minimum Gasteiger partial charge on any atom is -0.335 e. The fourth-order valence-corrected chi connectivity index (χ4v) is 4.50. The molecule has 0 radical (unpaired) electrons. The zero-order chi connectivity index (χ0) is 15.5. The quantitative estimate of drug-likeness (QED) is 0.787. The zero-order valence-electron chi connectivity index (χ0n) is 13.6. The molecule has 2 heterocycles. The van der Waals surface area contributed by atoms with E-state index in [-0.39, 0.29) is 6.03 Å². The number of rotatable bonds is 3. The largest absolute Gasteiger partial charge is 0.335 e. The molecule has 2 amide bonds. The van der Waals surface area contributed by atoms with E-state index in [1.54, 1.807) is 4.90 Å². The number of amides is 2. The summed E-state index contributed by atoms with van der Waals surface area (Å²) in [6, 6.07) is 12.0. The van der Waals surface area contributed by atoms with E-state index in [1.165, 1.54) is 19.3 Å². The molecule has 2 bridgehead atoms. The molecule has 2 fully saturated rings. The summed E-state index contributed by atoms with van der Waals surface area (Å²) in [7, 11) is 0. The molecule has 4 nitrogen and oxygen atoms in total. The third kappa shape index (κ3) is 3.43. The van der Waals surface area contributed by atoms with Crippen molar-refractivity contribution in [2.24, 2.45) is 0 Å². The number of nitrogens with one attached hydrogen (secondary N) is 3. The first kappa shape index (κ1) is 15.3. The lowest BCUT2D eigenvalue weighted by Gasteiger charge is -2.47. The van der Waals surface area contributed by atoms with E-state index in [1.807, 2.05) is 30.3 Å². The second-order valence-corrected chi connectivity index (χ2v) is 7.11. The molecular formula is C18H28N3O+.